The first-order chi connectivity index (χ1) is 9.78. The zero-order chi connectivity index (χ0) is 13.9. The predicted molar refractivity (Wildman–Crippen MR) is 80.7 cm³/mol. The van der Waals surface area contributed by atoms with Crippen LogP contribution in [0, 0.1) is 0 Å². The fourth-order valence-electron chi connectivity index (χ4n) is 2.63. The monoisotopic (exact) mass is 266 g/mol. The number of hydrogen-bond donors (Lipinski definition) is 2. The fraction of sp³-hybridized carbons (Fsp3) is 0.235. The van der Waals surface area contributed by atoms with Gasteiger partial charge < -0.3 is 10.6 Å². The summed E-state index contributed by atoms with van der Waals surface area (Å²) in [5, 5.41) is 6.10. The van der Waals surface area contributed by atoms with Gasteiger partial charge in [-0.2, -0.15) is 0 Å². The Labute approximate surface area is 119 Å². The number of rotatable bonds is 4. The molecule has 0 bridgehead atoms. The van der Waals surface area contributed by atoms with E-state index in [2.05, 4.69) is 16.7 Å². The molecule has 1 aliphatic rings. The summed E-state index contributed by atoms with van der Waals surface area (Å²) >= 11 is 0. The van der Waals surface area contributed by atoms with Crippen molar-refractivity contribution in [2.75, 3.05) is 12.4 Å². The molecule has 20 heavy (non-hydrogen) atoms. The van der Waals surface area contributed by atoms with E-state index in [4.69, 9.17) is 0 Å². The van der Waals surface area contributed by atoms with Gasteiger partial charge in [0, 0.05) is 12.2 Å². The van der Waals surface area contributed by atoms with Crippen molar-refractivity contribution < 1.29 is 4.79 Å². The Bertz CT molecular complexity index is 619. The van der Waals surface area contributed by atoms with Crippen LogP contribution in [-0.2, 0) is 17.8 Å². The smallest absolute Gasteiger partial charge is 0.232 e. The van der Waals surface area contributed by atoms with Crippen molar-refractivity contribution in [3.8, 4) is 0 Å². The van der Waals surface area contributed by atoms with E-state index in [0.717, 1.165) is 24.2 Å². The standard InChI is InChI=1S/C17H18N2O/c1-18-11-12-6-8-14(9-7-12)19-17(20)16-10-13-4-2-3-5-15(13)16/h2-9,16,18H,10-11H2,1H3,(H,19,20). The first kappa shape index (κ1) is 12.9. The van der Waals surface area contributed by atoms with Crippen LogP contribution < -0.4 is 10.6 Å². The van der Waals surface area contributed by atoms with Crippen molar-refractivity contribution in [2.24, 2.45) is 0 Å². The van der Waals surface area contributed by atoms with Gasteiger partial charge in [-0.3, -0.25) is 4.79 Å². The molecule has 2 N–H and O–H groups in total. The Balaban J connectivity index is 1.65. The molecule has 0 saturated carbocycles. The number of fused-ring (bicyclic) bond motifs is 1. The Hall–Kier alpha value is -2.13. The van der Waals surface area contributed by atoms with Crippen molar-refractivity contribution in [2.45, 2.75) is 18.9 Å². The topological polar surface area (TPSA) is 41.1 Å². The second-order valence-corrected chi connectivity index (χ2v) is 5.17. The maximum Gasteiger partial charge on any atom is 0.232 e. The summed E-state index contributed by atoms with van der Waals surface area (Å²) in [7, 11) is 1.92. The second kappa shape index (κ2) is 5.47. The third-order valence-corrected chi connectivity index (χ3v) is 3.77. The summed E-state index contributed by atoms with van der Waals surface area (Å²) in [5.41, 5.74) is 4.52. The highest BCUT2D eigenvalue weighted by molar-refractivity contribution is 5.97. The van der Waals surface area contributed by atoms with E-state index < -0.39 is 0 Å². The van der Waals surface area contributed by atoms with Crippen molar-refractivity contribution in [3.63, 3.8) is 0 Å². The van der Waals surface area contributed by atoms with E-state index in [-0.39, 0.29) is 11.8 Å². The molecule has 0 aromatic heterocycles. The van der Waals surface area contributed by atoms with Gasteiger partial charge in [-0.1, -0.05) is 36.4 Å². The van der Waals surface area contributed by atoms with Crippen molar-refractivity contribution in [1.29, 1.82) is 0 Å². The molecule has 1 aliphatic carbocycles. The van der Waals surface area contributed by atoms with Crippen molar-refractivity contribution in [1.82, 2.24) is 5.32 Å². The normalized spacial score (nSPS) is 16.1. The molecule has 3 heteroatoms. The van der Waals surface area contributed by atoms with Gasteiger partial charge in [-0.25, -0.2) is 0 Å². The number of carbonyl (C=O) groups is 1. The molecule has 0 fully saturated rings. The number of nitrogens with one attached hydrogen (secondary N) is 2. The number of carbonyl (C=O) groups excluding carboxylic acids is 1. The fourth-order valence-corrected chi connectivity index (χ4v) is 2.63. The summed E-state index contributed by atoms with van der Waals surface area (Å²) in [6.45, 7) is 0.838. The van der Waals surface area contributed by atoms with E-state index in [9.17, 15) is 4.79 Å². The summed E-state index contributed by atoms with van der Waals surface area (Å²) in [6, 6.07) is 16.1. The third-order valence-electron chi connectivity index (χ3n) is 3.77. The highest BCUT2D eigenvalue weighted by Crippen LogP contribution is 2.35. The maximum atomic E-state index is 12.2. The predicted octanol–water partition coefficient (Wildman–Crippen LogP) is 2.68. The summed E-state index contributed by atoms with van der Waals surface area (Å²) in [5.74, 6) is 0.0910. The lowest BCUT2D eigenvalue weighted by Gasteiger charge is -2.28. The molecule has 1 unspecified atom stereocenters. The van der Waals surface area contributed by atoms with Crippen LogP contribution >= 0.6 is 0 Å². The van der Waals surface area contributed by atoms with Crippen LogP contribution in [0.5, 0.6) is 0 Å². The average molecular weight is 266 g/mol. The van der Waals surface area contributed by atoms with Gasteiger partial charge in [0.05, 0.1) is 5.92 Å². The van der Waals surface area contributed by atoms with E-state index in [0.29, 0.717) is 0 Å². The van der Waals surface area contributed by atoms with Crippen LogP contribution in [0.25, 0.3) is 0 Å². The Kier molecular flexibility index (Phi) is 3.52. The van der Waals surface area contributed by atoms with Gasteiger partial charge >= 0.3 is 0 Å². The molecule has 3 nitrogen and oxygen atoms in total. The van der Waals surface area contributed by atoms with Gasteiger partial charge in [0.15, 0.2) is 0 Å². The number of benzene rings is 2. The highest BCUT2D eigenvalue weighted by Gasteiger charge is 2.31. The summed E-state index contributed by atoms with van der Waals surface area (Å²) < 4.78 is 0. The minimum atomic E-state index is 0.00295. The molecule has 2 aromatic carbocycles. The van der Waals surface area contributed by atoms with E-state index in [1.54, 1.807) is 0 Å². The van der Waals surface area contributed by atoms with E-state index in [1.165, 1.54) is 11.1 Å². The van der Waals surface area contributed by atoms with E-state index >= 15 is 0 Å². The molecule has 1 amide bonds. The molecule has 0 aliphatic heterocycles. The molecule has 0 heterocycles. The maximum absolute atomic E-state index is 12.2. The first-order valence-corrected chi connectivity index (χ1v) is 6.90. The molecule has 3 rings (SSSR count). The van der Waals surface area contributed by atoms with Crippen molar-refractivity contribution >= 4 is 11.6 Å². The highest BCUT2D eigenvalue weighted by atomic mass is 16.1. The first-order valence-electron chi connectivity index (χ1n) is 6.90. The molecular formula is C17H18N2O. The van der Waals surface area contributed by atoms with Crippen LogP contribution in [0.1, 0.15) is 22.6 Å². The minimum absolute atomic E-state index is 0.00295. The largest absolute Gasteiger partial charge is 0.326 e. The SMILES string of the molecule is CNCc1ccc(NC(=O)C2Cc3ccccc32)cc1. The van der Waals surface area contributed by atoms with Crippen LogP contribution in [0.15, 0.2) is 48.5 Å². The molecule has 0 spiro atoms. The zero-order valence-corrected chi connectivity index (χ0v) is 11.5. The Morgan fingerprint density at radius 3 is 2.60 bits per heavy atom. The lowest BCUT2D eigenvalue weighted by molar-refractivity contribution is -0.118. The molecular weight excluding hydrogens is 248 g/mol. The number of anilines is 1. The van der Waals surface area contributed by atoms with Crippen LogP contribution in [0.2, 0.25) is 0 Å². The molecule has 2 aromatic rings. The molecule has 0 radical (unpaired) electrons. The van der Waals surface area contributed by atoms with Crippen LogP contribution in [0.4, 0.5) is 5.69 Å². The molecule has 0 saturated heterocycles. The number of amides is 1. The Morgan fingerprint density at radius 1 is 1.15 bits per heavy atom. The van der Waals surface area contributed by atoms with E-state index in [1.807, 2.05) is 49.5 Å². The molecule has 1 atom stereocenters. The van der Waals surface area contributed by atoms with Crippen molar-refractivity contribution in [3.05, 3.63) is 65.2 Å². The Morgan fingerprint density at radius 2 is 1.90 bits per heavy atom. The van der Waals surface area contributed by atoms with Gasteiger partial charge in [0.25, 0.3) is 0 Å². The van der Waals surface area contributed by atoms with Crippen LogP contribution in [-0.4, -0.2) is 13.0 Å². The van der Waals surface area contributed by atoms with Gasteiger partial charge in [0.1, 0.15) is 0 Å². The lowest BCUT2D eigenvalue weighted by atomic mass is 9.77. The van der Waals surface area contributed by atoms with Gasteiger partial charge in [0.2, 0.25) is 5.91 Å². The quantitative estimate of drug-likeness (QED) is 0.893. The average Bonchev–Trinajstić information content (AvgIpc) is 2.43. The minimum Gasteiger partial charge on any atom is -0.326 e. The van der Waals surface area contributed by atoms with Crippen LogP contribution in [0.3, 0.4) is 0 Å². The van der Waals surface area contributed by atoms with Gasteiger partial charge in [-0.05, 0) is 42.3 Å². The summed E-state index contributed by atoms with van der Waals surface area (Å²) in [4.78, 5) is 12.2. The lowest BCUT2D eigenvalue weighted by Crippen LogP contribution is -2.30. The zero-order valence-electron chi connectivity index (χ0n) is 11.5. The summed E-state index contributed by atoms with van der Waals surface area (Å²) in [6.07, 6.45) is 0.847. The molecule has 102 valence electrons. The third kappa shape index (κ3) is 2.45. The number of hydrogen-bond acceptors (Lipinski definition) is 2. The van der Waals surface area contributed by atoms with Gasteiger partial charge in [-0.15, -0.1) is 0 Å². The second-order valence-electron chi connectivity index (χ2n) is 5.17.